The Morgan fingerprint density at radius 1 is 1.46 bits per heavy atom. The van der Waals surface area contributed by atoms with Crippen LogP contribution in [0.2, 0.25) is 0 Å². The number of aromatic amines is 1. The second-order valence-corrected chi connectivity index (χ2v) is 2.90. The van der Waals surface area contributed by atoms with Gasteiger partial charge in [0, 0.05) is 26.2 Å². The average Bonchev–Trinajstić information content (AvgIpc) is 2.71. The van der Waals surface area contributed by atoms with Crippen molar-refractivity contribution in [1.29, 1.82) is 0 Å². The zero-order valence-electron chi connectivity index (χ0n) is 7.16. The van der Waals surface area contributed by atoms with Crippen LogP contribution in [-0.2, 0) is 0 Å². The van der Waals surface area contributed by atoms with Crippen molar-refractivity contribution in [3.63, 3.8) is 0 Å². The highest BCUT2D eigenvalue weighted by Crippen LogP contribution is 2.00. The van der Waals surface area contributed by atoms with Gasteiger partial charge >= 0.3 is 0 Å². The molecular formula is C7H11N5O. The number of H-pyrrole nitrogens is 1. The molecule has 1 saturated heterocycles. The molecule has 1 fully saturated rings. The molecule has 70 valence electrons. The lowest BCUT2D eigenvalue weighted by Gasteiger charge is -2.26. The first-order valence-corrected chi connectivity index (χ1v) is 4.23. The Labute approximate surface area is 75.3 Å². The summed E-state index contributed by atoms with van der Waals surface area (Å²) >= 11 is 0. The Morgan fingerprint density at radius 3 is 2.85 bits per heavy atom. The molecule has 0 atom stereocenters. The third-order valence-corrected chi connectivity index (χ3v) is 2.04. The second-order valence-electron chi connectivity index (χ2n) is 2.90. The van der Waals surface area contributed by atoms with E-state index in [1.165, 1.54) is 6.20 Å². The molecule has 1 aromatic rings. The summed E-state index contributed by atoms with van der Waals surface area (Å²) in [5, 5.41) is 12.9. The highest BCUT2D eigenvalue weighted by Gasteiger charge is 2.19. The van der Waals surface area contributed by atoms with Crippen molar-refractivity contribution in [1.82, 2.24) is 25.6 Å². The molecular weight excluding hydrogens is 170 g/mol. The van der Waals surface area contributed by atoms with Crippen molar-refractivity contribution in [3.05, 3.63) is 11.9 Å². The van der Waals surface area contributed by atoms with Crippen molar-refractivity contribution in [2.75, 3.05) is 26.2 Å². The number of rotatable bonds is 1. The summed E-state index contributed by atoms with van der Waals surface area (Å²) in [5.74, 6) is -0.0461. The maximum atomic E-state index is 11.6. The Balaban J connectivity index is 2.04. The van der Waals surface area contributed by atoms with Crippen LogP contribution in [-0.4, -0.2) is 52.4 Å². The lowest BCUT2D eigenvalue weighted by Crippen LogP contribution is -2.46. The fourth-order valence-electron chi connectivity index (χ4n) is 1.33. The Morgan fingerprint density at radius 2 is 2.23 bits per heavy atom. The van der Waals surface area contributed by atoms with Gasteiger partial charge in [0.15, 0.2) is 5.69 Å². The topological polar surface area (TPSA) is 73.9 Å². The van der Waals surface area contributed by atoms with E-state index in [1.807, 2.05) is 0 Å². The maximum absolute atomic E-state index is 11.6. The monoisotopic (exact) mass is 181 g/mol. The van der Waals surface area contributed by atoms with E-state index in [0.717, 1.165) is 26.2 Å². The number of hydrogen-bond acceptors (Lipinski definition) is 4. The van der Waals surface area contributed by atoms with Gasteiger partial charge in [0.05, 0.1) is 6.20 Å². The van der Waals surface area contributed by atoms with Crippen LogP contribution in [0.5, 0.6) is 0 Å². The summed E-state index contributed by atoms with van der Waals surface area (Å²) in [6.07, 6.45) is 1.45. The number of carbonyl (C=O) groups is 1. The molecule has 2 rings (SSSR count). The fraction of sp³-hybridized carbons (Fsp3) is 0.571. The van der Waals surface area contributed by atoms with Crippen molar-refractivity contribution in [2.24, 2.45) is 0 Å². The smallest absolute Gasteiger partial charge is 0.276 e. The molecule has 2 heterocycles. The lowest BCUT2D eigenvalue weighted by molar-refractivity contribution is 0.0730. The lowest BCUT2D eigenvalue weighted by atomic mass is 10.3. The molecule has 0 saturated carbocycles. The van der Waals surface area contributed by atoms with Crippen molar-refractivity contribution >= 4 is 5.91 Å². The van der Waals surface area contributed by atoms with Crippen LogP contribution in [0, 0.1) is 0 Å². The molecule has 1 amide bonds. The second kappa shape index (κ2) is 3.53. The molecule has 0 unspecified atom stereocenters. The van der Waals surface area contributed by atoms with Gasteiger partial charge < -0.3 is 10.2 Å². The predicted molar refractivity (Wildman–Crippen MR) is 45.2 cm³/mol. The number of nitrogens with one attached hydrogen (secondary N) is 2. The van der Waals surface area contributed by atoms with Gasteiger partial charge in [-0.3, -0.25) is 4.79 Å². The maximum Gasteiger partial charge on any atom is 0.276 e. The Bertz CT molecular complexity index is 277. The van der Waals surface area contributed by atoms with Gasteiger partial charge in [-0.05, 0) is 0 Å². The van der Waals surface area contributed by atoms with E-state index >= 15 is 0 Å². The summed E-state index contributed by atoms with van der Waals surface area (Å²) in [7, 11) is 0. The first-order valence-electron chi connectivity index (χ1n) is 4.23. The van der Waals surface area contributed by atoms with Crippen LogP contribution in [0.4, 0.5) is 0 Å². The van der Waals surface area contributed by atoms with Gasteiger partial charge in [-0.2, -0.15) is 15.4 Å². The van der Waals surface area contributed by atoms with E-state index in [9.17, 15) is 4.79 Å². The van der Waals surface area contributed by atoms with E-state index in [-0.39, 0.29) is 5.91 Å². The van der Waals surface area contributed by atoms with E-state index in [2.05, 4.69) is 20.7 Å². The molecule has 13 heavy (non-hydrogen) atoms. The molecule has 6 nitrogen and oxygen atoms in total. The predicted octanol–water partition coefficient (Wildman–Crippen LogP) is -1.15. The number of nitrogens with zero attached hydrogens (tertiary/aromatic N) is 3. The van der Waals surface area contributed by atoms with Gasteiger partial charge in [0.2, 0.25) is 0 Å². The van der Waals surface area contributed by atoms with E-state index in [4.69, 9.17) is 0 Å². The Kier molecular flexibility index (Phi) is 2.22. The van der Waals surface area contributed by atoms with Crippen LogP contribution in [0.1, 0.15) is 10.5 Å². The van der Waals surface area contributed by atoms with Crippen LogP contribution in [0.25, 0.3) is 0 Å². The minimum Gasteiger partial charge on any atom is -0.335 e. The van der Waals surface area contributed by atoms with E-state index < -0.39 is 0 Å². The Hall–Kier alpha value is -1.43. The van der Waals surface area contributed by atoms with Gasteiger partial charge in [-0.15, -0.1) is 0 Å². The van der Waals surface area contributed by atoms with Crippen LogP contribution in [0.3, 0.4) is 0 Å². The number of amides is 1. The number of carbonyl (C=O) groups excluding carboxylic acids is 1. The number of piperazine rings is 1. The summed E-state index contributed by atoms with van der Waals surface area (Å²) in [4.78, 5) is 13.4. The molecule has 1 aliphatic rings. The van der Waals surface area contributed by atoms with Gasteiger partial charge in [0.1, 0.15) is 0 Å². The highest BCUT2D eigenvalue weighted by molar-refractivity contribution is 5.91. The molecule has 0 spiro atoms. The van der Waals surface area contributed by atoms with E-state index in [1.54, 1.807) is 4.90 Å². The van der Waals surface area contributed by atoms with Crippen LogP contribution < -0.4 is 5.32 Å². The van der Waals surface area contributed by atoms with Crippen molar-refractivity contribution in [2.45, 2.75) is 0 Å². The summed E-state index contributed by atoms with van der Waals surface area (Å²) in [6.45, 7) is 3.19. The minimum atomic E-state index is -0.0461. The third kappa shape index (κ3) is 1.67. The first-order chi connectivity index (χ1) is 6.38. The summed E-state index contributed by atoms with van der Waals surface area (Å²) in [6, 6.07) is 0. The number of hydrogen-bond donors (Lipinski definition) is 2. The largest absolute Gasteiger partial charge is 0.335 e. The molecule has 0 radical (unpaired) electrons. The molecule has 6 heteroatoms. The molecule has 0 aromatic carbocycles. The van der Waals surface area contributed by atoms with E-state index in [0.29, 0.717) is 5.69 Å². The normalized spacial score (nSPS) is 17.4. The summed E-state index contributed by atoms with van der Waals surface area (Å²) < 4.78 is 0. The highest BCUT2D eigenvalue weighted by atomic mass is 16.2. The van der Waals surface area contributed by atoms with Gasteiger partial charge in [0.25, 0.3) is 5.91 Å². The zero-order valence-corrected chi connectivity index (χ0v) is 7.16. The SMILES string of the molecule is O=C(c1cn[nH]n1)N1CCNCC1. The minimum absolute atomic E-state index is 0.0461. The van der Waals surface area contributed by atoms with Crippen LogP contribution >= 0.6 is 0 Å². The quantitative estimate of drug-likeness (QED) is 0.573. The molecule has 1 aromatic heterocycles. The molecule has 2 N–H and O–H groups in total. The average molecular weight is 181 g/mol. The fourth-order valence-corrected chi connectivity index (χ4v) is 1.33. The molecule has 0 aliphatic carbocycles. The van der Waals surface area contributed by atoms with Crippen molar-refractivity contribution < 1.29 is 4.79 Å². The van der Waals surface area contributed by atoms with Crippen molar-refractivity contribution in [3.8, 4) is 0 Å². The van der Waals surface area contributed by atoms with Gasteiger partial charge in [-0.25, -0.2) is 0 Å². The number of aromatic nitrogens is 3. The van der Waals surface area contributed by atoms with Crippen LogP contribution in [0.15, 0.2) is 6.20 Å². The first kappa shape index (κ1) is 8.18. The third-order valence-electron chi connectivity index (χ3n) is 2.04. The molecule has 1 aliphatic heterocycles. The molecule has 0 bridgehead atoms. The summed E-state index contributed by atoms with van der Waals surface area (Å²) in [5.41, 5.74) is 0.391. The zero-order chi connectivity index (χ0) is 9.10. The van der Waals surface area contributed by atoms with Gasteiger partial charge in [-0.1, -0.05) is 0 Å². The standard InChI is InChI=1S/C7H11N5O/c13-7(6-5-9-11-10-6)12-3-1-8-2-4-12/h5,8H,1-4H2,(H,9,10,11).